The molecule has 0 radical (unpaired) electrons. The molecular formula is C28H27N3O6. The Kier molecular flexibility index (Phi) is 5.43. The lowest BCUT2D eigenvalue weighted by molar-refractivity contribution is -0.137. The minimum Gasteiger partial charge on any atom is -0.476 e. The van der Waals surface area contributed by atoms with Gasteiger partial charge in [-0.1, -0.05) is 60.7 Å². The maximum atomic E-state index is 14.2. The number of Topliss-reactive ketones (excluding diaryl/α,β-unsaturated/α-hetero) is 2. The van der Waals surface area contributed by atoms with Crippen molar-refractivity contribution in [2.24, 2.45) is 11.7 Å². The number of allylic oxidation sites excluding steroid dienone is 2. The van der Waals surface area contributed by atoms with E-state index in [1.54, 1.807) is 14.0 Å². The molecule has 1 aliphatic carbocycles. The van der Waals surface area contributed by atoms with Gasteiger partial charge in [0.05, 0.1) is 17.7 Å². The molecule has 6 rings (SSSR count). The molecule has 2 aromatic carbocycles. The van der Waals surface area contributed by atoms with Crippen LogP contribution in [-0.2, 0) is 23.8 Å². The zero-order chi connectivity index (χ0) is 25.9. The molecule has 2 saturated heterocycles. The average Bonchev–Trinajstić information content (AvgIpc) is 3.53. The van der Waals surface area contributed by atoms with Crippen LogP contribution in [0.5, 0.6) is 0 Å². The molecule has 9 nitrogen and oxygen atoms in total. The van der Waals surface area contributed by atoms with Gasteiger partial charge in [0.15, 0.2) is 11.5 Å². The highest BCUT2D eigenvalue weighted by Crippen LogP contribution is 2.56. The second kappa shape index (κ2) is 8.57. The summed E-state index contributed by atoms with van der Waals surface area (Å²) in [6.45, 7) is 1.92. The molecule has 0 bridgehead atoms. The summed E-state index contributed by atoms with van der Waals surface area (Å²) < 4.78 is 17.7. The van der Waals surface area contributed by atoms with Gasteiger partial charge < -0.3 is 30.2 Å². The summed E-state index contributed by atoms with van der Waals surface area (Å²) in [5.41, 5.74) is 6.68. The molecule has 3 N–H and O–H groups in total. The molecule has 190 valence electrons. The van der Waals surface area contributed by atoms with Crippen molar-refractivity contribution in [2.75, 3.05) is 20.3 Å². The predicted octanol–water partition coefficient (Wildman–Crippen LogP) is 2.20. The average molecular weight is 502 g/mol. The fraction of sp³-hybridized carbons (Fsp3) is 0.321. The number of primary amides is 1. The summed E-state index contributed by atoms with van der Waals surface area (Å²) in [6, 6.07) is 19.1. The van der Waals surface area contributed by atoms with Crippen LogP contribution in [0.3, 0.4) is 0 Å². The zero-order valence-corrected chi connectivity index (χ0v) is 20.5. The van der Waals surface area contributed by atoms with Gasteiger partial charge in [-0.25, -0.2) is 4.79 Å². The fourth-order valence-corrected chi connectivity index (χ4v) is 6.11. The fourth-order valence-electron chi connectivity index (χ4n) is 6.11. The van der Waals surface area contributed by atoms with Crippen molar-refractivity contribution in [3.8, 4) is 0 Å². The molecule has 3 heterocycles. The molecule has 9 heteroatoms. The number of nitrogens with one attached hydrogen (secondary N) is 1. The molecule has 3 aliphatic heterocycles. The summed E-state index contributed by atoms with van der Waals surface area (Å²) >= 11 is 0. The van der Waals surface area contributed by atoms with Crippen LogP contribution >= 0.6 is 0 Å². The van der Waals surface area contributed by atoms with Crippen molar-refractivity contribution < 1.29 is 28.6 Å². The van der Waals surface area contributed by atoms with E-state index < -0.39 is 29.6 Å². The normalized spacial score (nSPS) is 27.9. The van der Waals surface area contributed by atoms with Crippen molar-refractivity contribution in [3.05, 3.63) is 94.4 Å². The van der Waals surface area contributed by atoms with E-state index >= 15 is 0 Å². The summed E-state index contributed by atoms with van der Waals surface area (Å²) in [5, 5.41) is 3.35. The first-order valence-electron chi connectivity index (χ1n) is 12.2. The van der Waals surface area contributed by atoms with Gasteiger partial charge in [-0.2, -0.15) is 0 Å². The zero-order valence-electron chi connectivity index (χ0n) is 20.5. The third kappa shape index (κ3) is 3.42. The van der Waals surface area contributed by atoms with Crippen LogP contribution in [0.1, 0.15) is 24.2 Å². The van der Waals surface area contributed by atoms with E-state index in [-0.39, 0.29) is 41.4 Å². The van der Waals surface area contributed by atoms with Crippen LogP contribution in [0.2, 0.25) is 0 Å². The highest BCUT2D eigenvalue weighted by molar-refractivity contribution is 6.25. The molecule has 0 spiro atoms. The lowest BCUT2D eigenvalue weighted by atomic mass is 9.83. The molecule has 2 fully saturated rings. The molecule has 2 aromatic rings. The summed E-state index contributed by atoms with van der Waals surface area (Å²) in [7, 11) is 1.54. The number of hydrogen-bond donors (Lipinski definition) is 2. The Hall–Kier alpha value is -3.95. The topological polar surface area (TPSA) is 130 Å². The lowest BCUT2D eigenvalue weighted by Crippen LogP contribution is -2.55. The molecule has 1 amide bonds. The monoisotopic (exact) mass is 501 g/mol. The van der Waals surface area contributed by atoms with Crippen LogP contribution in [0.15, 0.2) is 83.3 Å². The van der Waals surface area contributed by atoms with Gasteiger partial charge >= 0.3 is 6.09 Å². The lowest BCUT2D eigenvalue weighted by Gasteiger charge is -2.39. The van der Waals surface area contributed by atoms with Gasteiger partial charge in [0.1, 0.15) is 12.7 Å². The van der Waals surface area contributed by atoms with Crippen molar-refractivity contribution in [2.45, 2.75) is 30.8 Å². The largest absolute Gasteiger partial charge is 0.476 e. The number of carbonyl (C=O) groups excluding carboxylic acids is 3. The molecule has 0 unspecified atom stereocenters. The maximum absolute atomic E-state index is 14.2. The Morgan fingerprint density at radius 3 is 2.27 bits per heavy atom. The molecule has 0 aromatic heterocycles. The summed E-state index contributed by atoms with van der Waals surface area (Å²) in [6.07, 6.45) is -1.57. The van der Waals surface area contributed by atoms with Crippen LogP contribution in [0, 0.1) is 5.92 Å². The van der Waals surface area contributed by atoms with E-state index in [1.165, 1.54) is 0 Å². The van der Waals surface area contributed by atoms with E-state index in [2.05, 4.69) is 5.32 Å². The Morgan fingerprint density at radius 1 is 1.08 bits per heavy atom. The second-order valence-corrected chi connectivity index (χ2v) is 9.69. The number of benzene rings is 2. The van der Waals surface area contributed by atoms with Crippen molar-refractivity contribution >= 4 is 17.7 Å². The van der Waals surface area contributed by atoms with Crippen molar-refractivity contribution in [3.63, 3.8) is 0 Å². The number of rotatable bonds is 7. The third-order valence-electron chi connectivity index (χ3n) is 7.81. The number of ketones is 2. The highest BCUT2D eigenvalue weighted by Gasteiger charge is 2.72. The Balaban J connectivity index is 1.42. The number of piperazine rings is 1. The van der Waals surface area contributed by atoms with E-state index in [1.807, 2.05) is 65.6 Å². The number of nitrogens with zero attached hydrogens (tertiary/aromatic N) is 1. The molecular weight excluding hydrogens is 474 g/mol. The number of amides is 1. The van der Waals surface area contributed by atoms with Gasteiger partial charge in [0.25, 0.3) is 0 Å². The first kappa shape index (κ1) is 23.4. The van der Waals surface area contributed by atoms with Crippen LogP contribution < -0.4 is 11.1 Å². The predicted molar refractivity (Wildman–Crippen MR) is 132 cm³/mol. The van der Waals surface area contributed by atoms with Crippen LogP contribution in [-0.4, -0.2) is 60.6 Å². The number of fused-ring (bicyclic) bond motifs is 4. The minimum atomic E-state index is -1.04. The maximum Gasteiger partial charge on any atom is 0.404 e. The van der Waals surface area contributed by atoms with Gasteiger partial charge in [-0.05, 0) is 18.1 Å². The third-order valence-corrected chi connectivity index (χ3v) is 7.81. The SMILES string of the molecule is CO[C@@]12[C@H](COC(N)=O)C3=C(C(=O)C(C)=C(OC(c4ccccc4)c4ccccc4)C3=O)N1C[C@@H]1N[C@@H]12. The van der Waals surface area contributed by atoms with Crippen molar-refractivity contribution in [1.29, 1.82) is 0 Å². The smallest absolute Gasteiger partial charge is 0.404 e. The Bertz CT molecular complexity index is 1310. The quantitative estimate of drug-likeness (QED) is 0.436. The van der Waals surface area contributed by atoms with E-state index in [0.717, 1.165) is 11.1 Å². The molecule has 37 heavy (non-hydrogen) atoms. The molecule has 4 aliphatic rings. The number of methoxy groups -OCH3 is 1. The Labute approximate surface area is 213 Å². The van der Waals surface area contributed by atoms with E-state index in [9.17, 15) is 14.4 Å². The van der Waals surface area contributed by atoms with Crippen molar-refractivity contribution in [1.82, 2.24) is 10.2 Å². The van der Waals surface area contributed by atoms with Crippen LogP contribution in [0.4, 0.5) is 4.79 Å². The standard InChI is InChI=1S/C28H27N3O6/c1-15-22(32)21-20(18(14-36-27(29)34)28(35-2)26-19(30-26)13-31(21)28)23(33)24(15)37-25(16-9-5-3-6-10-16)17-11-7-4-8-12-17/h3-12,18-19,25-26,30H,13-14H2,1-2H3,(H2,29,34)/t18-,19+,26+,28-/m1/s1. The number of hydrogen-bond acceptors (Lipinski definition) is 8. The second-order valence-electron chi connectivity index (χ2n) is 9.69. The van der Waals surface area contributed by atoms with Gasteiger partial charge in [0.2, 0.25) is 11.6 Å². The minimum absolute atomic E-state index is 0.0155. The number of carbonyl (C=O) groups is 3. The van der Waals surface area contributed by atoms with Gasteiger partial charge in [-0.3, -0.25) is 9.59 Å². The summed E-state index contributed by atoms with van der Waals surface area (Å²) in [5.74, 6) is -1.45. The number of ether oxygens (including phenoxy) is 3. The summed E-state index contributed by atoms with van der Waals surface area (Å²) in [4.78, 5) is 41.4. The van der Waals surface area contributed by atoms with E-state index in [4.69, 9.17) is 19.9 Å². The molecule has 0 saturated carbocycles. The first-order valence-corrected chi connectivity index (χ1v) is 12.2. The number of nitrogens with two attached hydrogens (primary N) is 1. The Morgan fingerprint density at radius 2 is 1.70 bits per heavy atom. The van der Waals surface area contributed by atoms with Gasteiger partial charge in [0, 0.05) is 30.8 Å². The van der Waals surface area contributed by atoms with Gasteiger partial charge in [-0.15, -0.1) is 0 Å². The van der Waals surface area contributed by atoms with Crippen LogP contribution in [0.25, 0.3) is 0 Å². The first-order chi connectivity index (χ1) is 17.9. The molecule has 4 atom stereocenters. The highest BCUT2D eigenvalue weighted by atomic mass is 16.6. The van der Waals surface area contributed by atoms with E-state index in [0.29, 0.717) is 12.2 Å².